The lowest BCUT2D eigenvalue weighted by Gasteiger charge is -2.13. The highest BCUT2D eigenvalue weighted by atomic mass is 32.1. The van der Waals surface area contributed by atoms with E-state index >= 15 is 0 Å². The van der Waals surface area contributed by atoms with Crippen molar-refractivity contribution in [2.75, 3.05) is 10.6 Å². The maximum atomic E-state index is 12.9. The molecule has 1 aromatic heterocycles. The molecule has 35 heavy (non-hydrogen) atoms. The number of fused-ring (bicyclic) bond motifs is 1. The number of amides is 4. The van der Waals surface area contributed by atoms with E-state index in [1.165, 1.54) is 34.4 Å². The van der Waals surface area contributed by atoms with E-state index in [9.17, 15) is 19.2 Å². The normalized spacial score (nSPS) is 12.4. The van der Waals surface area contributed by atoms with Crippen molar-refractivity contribution in [1.82, 2.24) is 4.90 Å². The summed E-state index contributed by atoms with van der Waals surface area (Å²) in [6, 6.07) is 24.0. The van der Waals surface area contributed by atoms with Crippen molar-refractivity contribution in [3.8, 4) is 0 Å². The topological polar surface area (TPSA) is 95.6 Å². The highest BCUT2D eigenvalue weighted by molar-refractivity contribution is 7.12. The smallest absolute Gasteiger partial charge is 0.265 e. The third-order valence-electron chi connectivity index (χ3n) is 5.54. The molecule has 8 heteroatoms. The van der Waals surface area contributed by atoms with Gasteiger partial charge >= 0.3 is 0 Å². The van der Waals surface area contributed by atoms with Crippen LogP contribution < -0.4 is 10.6 Å². The van der Waals surface area contributed by atoms with Crippen molar-refractivity contribution in [2.24, 2.45) is 0 Å². The van der Waals surface area contributed by atoms with Crippen LogP contribution in [0.3, 0.4) is 0 Å². The molecule has 1 aliphatic rings. The van der Waals surface area contributed by atoms with Gasteiger partial charge in [-0.3, -0.25) is 24.1 Å². The summed E-state index contributed by atoms with van der Waals surface area (Å²) < 4.78 is 0. The molecule has 172 valence electrons. The molecule has 0 saturated carbocycles. The zero-order chi connectivity index (χ0) is 24.4. The van der Waals surface area contributed by atoms with Crippen LogP contribution in [0.25, 0.3) is 0 Å². The van der Waals surface area contributed by atoms with E-state index in [0.717, 1.165) is 5.56 Å². The highest BCUT2D eigenvalue weighted by Gasteiger charge is 2.36. The molecule has 4 aromatic rings. The van der Waals surface area contributed by atoms with Crippen molar-refractivity contribution in [1.29, 1.82) is 0 Å². The van der Waals surface area contributed by atoms with Gasteiger partial charge in [0, 0.05) is 16.9 Å². The summed E-state index contributed by atoms with van der Waals surface area (Å²) in [4.78, 5) is 52.6. The first-order chi connectivity index (χ1) is 17.0. The van der Waals surface area contributed by atoms with Crippen molar-refractivity contribution in [2.45, 2.75) is 6.54 Å². The van der Waals surface area contributed by atoms with Crippen molar-refractivity contribution in [3.05, 3.63) is 117 Å². The van der Waals surface area contributed by atoms with Crippen molar-refractivity contribution < 1.29 is 19.2 Å². The molecule has 1 aliphatic heterocycles. The number of hydrogen-bond acceptors (Lipinski definition) is 5. The summed E-state index contributed by atoms with van der Waals surface area (Å²) in [5, 5.41) is 7.40. The van der Waals surface area contributed by atoms with Crippen LogP contribution >= 0.6 is 11.3 Å². The van der Waals surface area contributed by atoms with E-state index in [2.05, 4.69) is 10.6 Å². The number of hydrogen-bond donors (Lipinski definition) is 2. The van der Waals surface area contributed by atoms with Gasteiger partial charge in [-0.2, -0.15) is 0 Å². The summed E-state index contributed by atoms with van der Waals surface area (Å²) in [6.45, 7) is 0.165. The molecule has 0 aliphatic carbocycles. The number of nitrogens with one attached hydrogen (secondary N) is 2. The van der Waals surface area contributed by atoms with Crippen LogP contribution in [0, 0.1) is 0 Å². The Hall–Kier alpha value is -4.56. The number of carbonyl (C=O) groups is 4. The minimum atomic E-state index is -0.434. The molecule has 5 rings (SSSR count). The minimum absolute atomic E-state index is 0.165. The fraction of sp³-hybridized carbons (Fsp3) is 0.0370. The van der Waals surface area contributed by atoms with E-state index in [4.69, 9.17) is 0 Å². The summed E-state index contributed by atoms with van der Waals surface area (Å²) in [5.41, 5.74) is 2.59. The molecular weight excluding hydrogens is 462 g/mol. The lowest BCUT2D eigenvalue weighted by atomic mass is 10.1. The monoisotopic (exact) mass is 481 g/mol. The van der Waals surface area contributed by atoms with Gasteiger partial charge in [-0.05, 0) is 53.4 Å². The lowest BCUT2D eigenvalue weighted by molar-refractivity contribution is 0.0642. The van der Waals surface area contributed by atoms with Crippen LogP contribution in [-0.2, 0) is 6.54 Å². The summed E-state index contributed by atoms with van der Waals surface area (Å²) >= 11 is 1.34. The predicted molar refractivity (Wildman–Crippen MR) is 134 cm³/mol. The molecule has 4 amide bonds. The van der Waals surface area contributed by atoms with E-state index in [1.807, 2.05) is 35.7 Å². The fourth-order valence-electron chi connectivity index (χ4n) is 3.82. The molecule has 0 saturated heterocycles. The fourth-order valence-corrected chi connectivity index (χ4v) is 4.44. The molecule has 0 radical (unpaired) electrons. The molecule has 0 spiro atoms. The molecule has 0 bridgehead atoms. The van der Waals surface area contributed by atoms with E-state index in [0.29, 0.717) is 16.3 Å². The first-order valence-electron chi connectivity index (χ1n) is 10.8. The molecule has 0 atom stereocenters. The van der Waals surface area contributed by atoms with Crippen molar-refractivity contribution in [3.63, 3.8) is 0 Å². The van der Waals surface area contributed by atoms with Crippen LogP contribution in [-0.4, -0.2) is 28.5 Å². The van der Waals surface area contributed by atoms with Gasteiger partial charge in [-0.1, -0.05) is 42.5 Å². The number of imide groups is 1. The van der Waals surface area contributed by atoms with Gasteiger partial charge in [0.05, 0.1) is 22.5 Å². The van der Waals surface area contributed by atoms with Crippen LogP contribution in [0.4, 0.5) is 11.4 Å². The van der Waals surface area contributed by atoms with Crippen LogP contribution in [0.2, 0.25) is 0 Å². The van der Waals surface area contributed by atoms with Crippen molar-refractivity contribution >= 4 is 46.3 Å². The standard InChI is InChI=1S/C27H19N3O4S/c31-24(28-19-8-4-9-20(15-19)29-25(32)23-10-5-13-35-23)18-11-12-21-22(14-18)27(34)30(26(21)33)16-17-6-2-1-3-7-17/h1-15H,16H2,(H,28,31)(H,29,32). The minimum Gasteiger partial charge on any atom is -0.322 e. The average molecular weight is 482 g/mol. The molecule has 2 N–H and O–H groups in total. The maximum absolute atomic E-state index is 12.9. The van der Waals surface area contributed by atoms with Crippen LogP contribution in [0.5, 0.6) is 0 Å². The second kappa shape index (κ2) is 9.36. The quantitative estimate of drug-likeness (QED) is 0.377. The van der Waals surface area contributed by atoms with E-state index < -0.39 is 11.8 Å². The number of carbonyl (C=O) groups excluding carboxylic acids is 4. The first kappa shape index (κ1) is 22.2. The molecule has 2 heterocycles. The number of rotatable bonds is 6. The first-order valence-corrected chi connectivity index (χ1v) is 11.7. The van der Waals surface area contributed by atoms with Gasteiger partial charge in [-0.15, -0.1) is 11.3 Å². The number of thiophene rings is 1. The zero-order valence-electron chi connectivity index (χ0n) is 18.4. The molecular formula is C27H19N3O4S. The van der Waals surface area contributed by atoms with Crippen LogP contribution in [0.15, 0.2) is 90.3 Å². The summed E-state index contributed by atoms with van der Waals surface area (Å²) in [7, 11) is 0. The predicted octanol–water partition coefficient (Wildman–Crippen LogP) is 5.05. The lowest BCUT2D eigenvalue weighted by Crippen LogP contribution is -2.29. The second-order valence-corrected chi connectivity index (χ2v) is 8.86. The molecule has 3 aromatic carbocycles. The molecule has 0 fully saturated rings. The van der Waals surface area contributed by atoms with Gasteiger partial charge in [0.2, 0.25) is 0 Å². The average Bonchev–Trinajstić information content (AvgIpc) is 3.49. The summed E-state index contributed by atoms with van der Waals surface area (Å²) in [6.07, 6.45) is 0. The maximum Gasteiger partial charge on any atom is 0.265 e. The second-order valence-electron chi connectivity index (χ2n) is 7.91. The Labute approximate surface area is 205 Å². The SMILES string of the molecule is O=C(Nc1cccc(NC(=O)c2cccs2)c1)c1ccc2c(c1)C(=O)N(Cc1ccccc1)C2=O. The van der Waals surface area contributed by atoms with Gasteiger partial charge in [0.15, 0.2) is 0 Å². The Morgan fingerprint density at radius 1 is 0.714 bits per heavy atom. The van der Waals surface area contributed by atoms with Crippen LogP contribution in [0.1, 0.15) is 46.3 Å². The zero-order valence-corrected chi connectivity index (χ0v) is 19.2. The molecule has 0 unspecified atom stereocenters. The largest absolute Gasteiger partial charge is 0.322 e. The third-order valence-corrected chi connectivity index (χ3v) is 6.41. The number of nitrogens with zero attached hydrogens (tertiary/aromatic N) is 1. The molecule has 7 nitrogen and oxygen atoms in total. The van der Waals surface area contributed by atoms with E-state index in [1.54, 1.807) is 36.4 Å². The Balaban J connectivity index is 1.30. The van der Waals surface area contributed by atoms with Gasteiger partial charge in [0.25, 0.3) is 23.6 Å². The van der Waals surface area contributed by atoms with Gasteiger partial charge < -0.3 is 10.6 Å². The summed E-state index contributed by atoms with van der Waals surface area (Å²) in [5.74, 6) is -1.47. The Morgan fingerprint density at radius 2 is 1.43 bits per heavy atom. The van der Waals surface area contributed by atoms with Gasteiger partial charge in [-0.25, -0.2) is 0 Å². The Morgan fingerprint density at radius 3 is 2.14 bits per heavy atom. The van der Waals surface area contributed by atoms with Gasteiger partial charge in [0.1, 0.15) is 0 Å². The number of benzene rings is 3. The number of anilines is 2. The third kappa shape index (κ3) is 4.60. The highest BCUT2D eigenvalue weighted by Crippen LogP contribution is 2.26. The Bertz CT molecular complexity index is 1450. The Kier molecular flexibility index (Phi) is 5.95. The van der Waals surface area contributed by atoms with E-state index in [-0.39, 0.29) is 35.0 Å².